The summed E-state index contributed by atoms with van der Waals surface area (Å²) >= 11 is 0. The van der Waals surface area contributed by atoms with Crippen LogP contribution in [0.15, 0.2) is 42.5 Å². The molecule has 0 spiro atoms. The number of carboxylic acid groups (broad SMARTS) is 1. The first-order valence-corrected chi connectivity index (χ1v) is 7.60. The van der Waals surface area contributed by atoms with Crippen LogP contribution in [0.25, 0.3) is 0 Å². The minimum Gasteiger partial charge on any atom is -0.497 e. The minimum absolute atomic E-state index is 0.0466. The summed E-state index contributed by atoms with van der Waals surface area (Å²) < 4.78 is 15.7. The molecular formula is C18H19NO6. The van der Waals surface area contributed by atoms with Crippen molar-refractivity contribution in [3.8, 4) is 17.2 Å². The predicted molar refractivity (Wildman–Crippen MR) is 91.7 cm³/mol. The molecule has 0 aliphatic carbocycles. The number of aromatic carboxylic acids is 1. The summed E-state index contributed by atoms with van der Waals surface area (Å²) in [7, 11) is 1.46. The molecular weight excluding hydrogens is 326 g/mol. The molecule has 0 aliphatic heterocycles. The third-order valence-corrected chi connectivity index (χ3v) is 3.23. The Morgan fingerprint density at radius 2 is 1.72 bits per heavy atom. The van der Waals surface area contributed by atoms with Gasteiger partial charge in [0.1, 0.15) is 22.8 Å². The number of amides is 1. The van der Waals surface area contributed by atoms with Gasteiger partial charge in [0.15, 0.2) is 6.61 Å². The zero-order valence-electron chi connectivity index (χ0n) is 13.9. The predicted octanol–water partition coefficient (Wildman–Crippen LogP) is 2.81. The van der Waals surface area contributed by atoms with E-state index >= 15 is 0 Å². The van der Waals surface area contributed by atoms with Crippen molar-refractivity contribution < 1.29 is 28.9 Å². The van der Waals surface area contributed by atoms with Crippen LogP contribution in [-0.4, -0.2) is 37.3 Å². The molecule has 2 rings (SSSR count). The summed E-state index contributed by atoms with van der Waals surface area (Å²) in [5, 5.41) is 11.8. The number of benzene rings is 2. The van der Waals surface area contributed by atoms with Crippen LogP contribution in [0.5, 0.6) is 17.2 Å². The van der Waals surface area contributed by atoms with Crippen molar-refractivity contribution in [1.82, 2.24) is 0 Å². The van der Waals surface area contributed by atoms with E-state index in [0.717, 1.165) is 0 Å². The first-order chi connectivity index (χ1) is 12.0. The Hall–Kier alpha value is -3.22. The molecule has 0 atom stereocenters. The fraction of sp³-hybridized carbons (Fsp3) is 0.222. The maximum absolute atomic E-state index is 12.0. The standard InChI is InChI=1S/C18H19NO6/c1-3-24-13-6-4-12(5-7-13)19-17(20)11-25-16-10-14(23-2)8-9-15(16)18(21)22/h4-10H,3,11H2,1-2H3,(H,19,20)(H,21,22). The van der Waals surface area contributed by atoms with E-state index in [-0.39, 0.29) is 17.9 Å². The number of nitrogens with one attached hydrogen (secondary N) is 1. The van der Waals surface area contributed by atoms with Crippen LogP contribution >= 0.6 is 0 Å². The molecule has 0 aromatic heterocycles. The van der Waals surface area contributed by atoms with E-state index in [2.05, 4.69) is 5.32 Å². The van der Waals surface area contributed by atoms with E-state index in [1.54, 1.807) is 24.3 Å². The number of ether oxygens (including phenoxy) is 3. The summed E-state index contributed by atoms with van der Waals surface area (Å²) in [4.78, 5) is 23.2. The maximum Gasteiger partial charge on any atom is 0.339 e. The van der Waals surface area contributed by atoms with Crippen molar-refractivity contribution in [2.75, 3.05) is 25.6 Å². The van der Waals surface area contributed by atoms with Crippen LogP contribution < -0.4 is 19.5 Å². The summed E-state index contributed by atoms with van der Waals surface area (Å²) in [6, 6.07) is 11.2. The van der Waals surface area contributed by atoms with Gasteiger partial charge in [0.25, 0.3) is 5.91 Å². The average molecular weight is 345 g/mol. The zero-order chi connectivity index (χ0) is 18.2. The Labute approximate surface area is 145 Å². The Balaban J connectivity index is 1.98. The molecule has 0 aliphatic rings. The highest BCUT2D eigenvalue weighted by Gasteiger charge is 2.14. The Bertz CT molecular complexity index is 742. The van der Waals surface area contributed by atoms with Gasteiger partial charge in [-0.3, -0.25) is 4.79 Å². The summed E-state index contributed by atoms with van der Waals surface area (Å²) in [5.41, 5.74) is 0.538. The van der Waals surface area contributed by atoms with Gasteiger partial charge in [0.2, 0.25) is 0 Å². The van der Waals surface area contributed by atoms with Gasteiger partial charge in [-0.2, -0.15) is 0 Å². The zero-order valence-corrected chi connectivity index (χ0v) is 13.9. The monoisotopic (exact) mass is 345 g/mol. The Kier molecular flexibility index (Phi) is 6.22. The molecule has 0 radical (unpaired) electrons. The molecule has 0 saturated carbocycles. The van der Waals surface area contributed by atoms with Crippen LogP contribution in [0, 0.1) is 0 Å². The molecule has 2 N–H and O–H groups in total. The molecule has 0 fully saturated rings. The molecule has 1 amide bonds. The lowest BCUT2D eigenvalue weighted by Crippen LogP contribution is -2.20. The van der Waals surface area contributed by atoms with Crippen molar-refractivity contribution in [2.24, 2.45) is 0 Å². The maximum atomic E-state index is 12.0. The normalized spacial score (nSPS) is 10.0. The van der Waals surface area contributed by atoms with E-state index in [9.17, 15) is 9.59 Å². The van der Waals surface area contributed by atoms with E-state index in [0.29, 0.717) is 23.8 Å². The van der Waals surface area contributed by atoms with Gasteiger partial charge in [0, 0.05) is 11.8 Å². The number of carbonyl (C=O) groups excluding carboxylic acids is 1. The second-order valence-electron chi connectivity index (χ2n) is 4.96. The van der Waals surface area contributed by atoms with Gasteiger partial charge in [0.05, 0.1) is 13.7 Å². The summed E-state index contributed by atoms with van der Waals surface area (Å²) in [6.07, 6.45) is 0. The fourth-order valence-corrected chi connectivity index (χ4v) is 2.07. The first kappa shape index (κ1) is 18.1. The van der Waals surface area contributed by atoms with Gasteiger partial charge in [-0.25, -0.2) is 4.79 Å². The van der Waals surface area contributed by atoms with Crippen LogP contribution in [0.1, 0.15) is 17.3 Å². The van der Waals surface area contributed by atoms with Gasteiger partial charge in [-0.05, 0) is 43.3 Å². The third-order valence-electron chi connectivity index (χ3n) is 3.23. The highest BCUT2D eigenvalue weighted by atomic mass is 16.5. The minimum atomic E-state index is -1.15. The largest absolute Gasteiger partial charge is 0.497 e. The molecule has 0 bridgehead atoms. The second kappa shape index (κ2) is 8.58. The van der Waals surface area contributed by atoms with E-state index < -0.39 is 11.9 Å². The second-order valence-corrected chi connectivity index (χ2v) is 4.96. The lowest BCUT2D eigenvalue weighted by molar-refractivity contribution is -0.118. The van der Waals surface area contributed by atoms with Crippen molar-refractivity contribution >= 4 is 17.6 Å². The van der Waals surface area contributed by atoms with Crippen molar-refractivity contribution in [2.45, 2.75) is 6.92 Å². The van der Waals surface area contributed by atoms with Crippen LogP contribution in [0.3, 0.4) is 0 Å². The molecule has 25 heavy (non-hydrogen) atoms. The first-order valence-electron chi connectivity index (χ1n) is 7.60. The molecule has 2 aromatic carbocycles. The number of carboxylic acids is 1. The van der Waals surface area contributed by atoms with E-state index in [4.69, 9.17) is 19.3 Å². The molecule has 0 unspecified atom stereocenters. The smallest absolute Gasteiger partial charge is 0.339 e. The summed E-state index contributed by atoms with van der Waals surface area (Å²) in [6.45, 7) is 2.11. The number of methoxy groups -OCH3 is 1. The topological polar surface area (TPSA) is 94.1 Å². The van der Waals surface area contributed by atoms with Gasteiger partial charge < -0.3 is 24.6 Å². The summed E-state index contributed by atoms with van der Waals surface area (Å²) in [5.74, 6) is -0.354. The van der Waals surface area contributed by atoms with E-state index in [1.807, 2.05) is 6.92 Å². The quantitative estimate of drug-likeness (QED) is 0.764. The van der Waals surface area contributed by atoms with Crippen molar-refractivity contribution in [3.63, 3.8) is 0 Å². The van der Waals surface area contributed by atoms with Gasteiger partial charge >= 0.3 is 5.97 Å². The number of carbonyl (C=O) groups is 2. The molecule has 0 saturated heterocycles. The SMILES string of the molecule is CCOc1ccc(NC(=O)COc2cc(OC)ccc2C(=O)O)cc1. The lowest BCUT2D eigenvalue weighted by Gasteiger charge is -2.11. The average Bonchev–Trinajstić information content (AvgIpc) is 2.61. The number of rotatable bonds is 8. The Morgan fingerprint density at radius 1 is 1.04 bits per heavy atom. The van der Waals surface area contributed by atoms with E-state index in [1.165, 1.54) is 25.3 Å². The fourth-order valence-electron chi connectivity index (χ4n) is 2.07. The molecule has 0 heterocycles. The highest BCUT2D eigenvalue weighted by Crippen LogP contribution is 2.25. The lowest BCUT2D eigenvalue weighted by atomic mass is 10.2. The van der Waals surface area contributed by atoms with Crippen molar-refractivity contribution in [1.29, 1.82) is 0 Å². The highest BCUT2D eigenvalue weighted by molar-refractivity contribution is 5.93. The van der Waals surface area contributed by atoms with Gasteiger partial charge in [-0.15, -0.1) is 0 Å². The molecule has 7 heteroatoms. The molecule has 7 nitrogen and oxygen atoms in total. The van der Waals surface area contributed by atoms with Crippen molar-refractivity contribution in [3.05, 3.63) is 48.0 Å². The molecule has 132 valence electrons. The van der Waals surface area contributed by atoms with Crippen LogP contribution in [0.2, 0.25) is 0 Å². The number of hydrogen-bond donors (Lipinski definition) is 2. The third kappa shape index (κ3) is 5.13. The molecule has 2 aromatic rings. The number of anilines is 1. The Morgan fingerprint density at radius 3 is 2.32 bits per heavy atom. The van der Waals surface area contributed by atoms with Crippen LogP contribution in [-0.2, 0) is 4.79 Å². The van der Waals surface area contributed by atoms with Crippen LogP contribution in [0.4, 0.5) is 5.69 Å². The van der Waals surface area contributed by atoms with Gasteiger partial charge in [-0.1, -0.05) is 0 Å². The number of hydrogen-bond acceptors (Lipinski definition) is 5.